The van der Waals surface area contributed by atoms with Gasteiger partial charge in [-0.25, -0.2) is 13.8 Å². The maximum atomic E-state index is 14.4. The van der Waals surface area contributed by atoms with Crippen LogP contribution in [0.5, 0.6) is 5.88 Å². The van der Waals surface area contributed by atoms with Crippen molar-refractivity contribution in [2.24, 2.45) is 0 Å². The maximum Gasteiger partial charge on any atom is 0.274 e. The molecule has 2 atom stereocenters. The van der Waals surface area contributed by atoms with Crippen LogP contribution in [0.1, 0.15) is 60.8 Å². The molecule has 1 N–H and O–H groups in total. The number of pyridine rings is 1. The Morgan fingerprint density at radius 3 is 2.76 bits per heavy atom. The average molecular weight is 552 g/mol. The number of piperidine rings is 1. The number of nitrogens with zero attached hydrogens (tertiary/aromatic N) is 4. The van der Waals surface area contributed by atoms with Gasteiger partial charge in [0.25, 0.3) is 11.8 Å². The van der Waals surface area contributed by atoms with Crippen molar-refractivity contribution < 1.29 is 27.8 Å². The van der Waals surface area contributed by atoms with Gasteiger partial charge >= 0.3 is 0 Å². The summed E-state index contributed by atoms with van der Waals surface area (Å²) in [5.74, 6) is -2.83. The first kappa shape index (κ1) is 26.8. The number of likely N-dealkylation sites (tertiary alicyclic amines) is 1. The number of aromatic nitrogens is 3. The van der Waals surface area contributed by atoms with E-state index >= 15 is 0 Å². The zero-order valence-electron chi connectivity index (χ0n) is 21.3. The second kappa shape index (κ2) is 11.1. The van der Waals surface area contributed by atoms with E-state index in [1.54, 1.807) is 21.7 Å². The highest BCUT2D eigenvalue weighted by molar-refractivity contribution is 6.30. The fourth-order valence-electron chi connectivity index (χ4n) is 5.51. The summed E-state index contributed by atoms with van der Waals surface area (Å²) in [7, 11) is 0. The first-order valence-electron chi connectivity index (χ1n) is 13.1. The zero-order chi connectivity index (χ0) is 26.9. The molecule has 2 aromatic rings. The first-order chi connectivity index (χ1) is 18.2. The van der Waals surface area contributed by atoms with E-state index in [9.17, 15) is 18.4 Å². The van der Waals surface area contributed by atoms with E-state index < -0.39 is 12.3 Å². The molecule has 2 aromatic heterocycles. The zero-order valence-corrected chi connectivity index (χ0v) is 22.1. The lowest BCUT2D eigenvalue weighted by molar-refractivity contribution is -0.119. The van der Waals surface area contributed by atoms with Gasteiger partial charge in [0.2, 0.25) is 11.8 Å². The van der Waals surface area contributed by atoms with E-state index in [1.165, 1.54) is 13.1 Å². The molecule has 0 bridgehead atoms. The Labute approximate surface area is 224 Å². The second-order valence-electron chi connectivity index (χ2n) is 10.3. The third-order valence-corrected chi connectivity index (χ3v) is 7.63. The summed E-state index contributed by atoms with van der Waals surface area (Å²) in [5, 5.41) is 8.00. The molecule has 2 saturated heterocycles. The normalized spacial score (nSPS) is 23.5. The van der Waals surface area contributed by atoms with E-state index in [1.807, 2.05) is 0 Å². The van der Waals surface area contributed by atoms with Crippen LogP contribution in [-0.2, 0) is 28.9 Å². The molecule has 2 aliphatic heterocycles. The summed E-state index contributed by atoms with van der Waals surface area (Å²) in [6.45, 7) is 3.17. The topological polar surface area (TPSA) is 98.6 Å². The van der Waals surface area contributed by atoms with Crippen molar-refractivity contribution in [3.05, 3.63) is 40.3 Å². The van der Waals surface area contributed by atoms with Gasteiger partial charge in [0.1, 0.15) is 6.10 Å². The predicted octanol–water partition coefficient (Wildman–Crippen LogP) is 3.42. The highest BCUT2D eigenvalue weighted by atomic mass is 35.5. The molecule has 4 heterocycles. The van der Waals surface area contributed by atoms with E-state index in [2.05, 4.69) is 15.4 Å². The van der Waals surface area contributed by atoms with Crippen molar-refractivity contribution >= 4 is 23.4 Å². The minimum absolute atomic E-state index is 0.00837. The van der Waals surface area contributed by atoms with Gasteiger partial charge < -0.3 is 19.7 Å². The lowest BCUT2D eigenvalue weighted by atomic mass is 9.91. The fourth-order valence-corrected chi connectivity index (χ4v) is 5.62. The molecule has 1 aliphatic carbocycles. The number of fused-ring (bicyclic) bond motifs is 1. The van der Waals surface area contributed by atoms with E-state index in [0.29, 0.717) is 74.1 Å². The Bertz CT molecular complexity index is 1170. The summed E-state index contributed by atoms with van der Waals surface area (Å²) >= 11 is 5.90. The molecule has 0 aromatic carbocycles. The quantitative estimate of drug-likeness (QED) is 0.591. The third kappa shape index (κ3) is 6.26. The highest BCUT2D eigenvalue weighted by Crippen LogP contribution is 2.36. The molecule has 0 radical (unpaired) electrons. The van der Waals surface area contributed by atoms with Crippen LogP contribution in [0, 0.1) is 0 Å². The SMILES string of the molecule is CC(=O)NC1CCN(C(=O)c2nn(C[C@@H]3C[C@@H](Oc4ccc(Cl)cn4)CCO3)c3c2CC(F)(F)CC3)CC1. The molecule has 2 fully saturated rings. The van der Waals surface area contributed by atoms with Gasteiger partial charge in [-0.2, -0.15) is 5.10 Å². The molecule has 5 rings (SSSR count). The Balaban J connectivity index is 1.30. The number of amides is 2. The monoisotopic (exact) mass is 551 g/mol. The van der Waals surface area contributed by atoms with Crippen LogP contribution in [0.15, 0.2) is 18.3 Å². The summed E-state index contributed by atoms with van der Waals surface area (Å²) in [6, 6.07) is 3.44. The number of ether oxygens (including phenoxy) is 2. The molecule has 2 amide bonds. The smallest absolute Gasteiger partial charge is 0.274 e. The van der Waals surface area contributed by atoms with Crippen molar-refractivity contribution in [2.45, 2.75) is 82.6 Å². The predicted molar refractivity (Wildman–Crippen MR) is 135 cm³/mol. The van der Waals surface area contributed by atoms with Crippen LogP contribution in [0.2, 0.25) is 5.02 Å². The molecule has 38 heavy (non-hydrogen) atoms. The van der Waals surface area contributed by atoms with Crippen LogP contribution in [0.25, 0.3) is 0 Å². The molecule has 12 heteroatoms. The molecule has 9 nitrogen and oxygen atoms in total. The standard InChI is InChI=1S/C26H32ClF2N5O4/c1-16(35)31-18-5-9-33(10-6-18)25(36)24-21-13-26(28,29)8-4-22(21)34(32-24)15-20-12-19(7-11-37-20)38-23-3-2-17(27)14-30-23/h2-3,14,18-20H,4-13,15H2,1H3,(H,31,35)/t19-,20-/m0/s1. The fraction of sp³-hybridized carbons (Fsp3) is 0.615. The van der Waals surface area contributed by atoms with E-state index in [4.69, 9.17) is 21.1 Å². The van der Waals surface area contributed by atoms with Gasteiger partial charge in [-0.3, -0.25) is 14.3 Å². The molecule has 0 saturated carbocycles. The van der Waals surface area contributed by atoms with Crippen LogP contribution in [0.3, 0.4) is 0 Å². The van der Waals surface area contributed by atoms with Gasteiger partial charge in [-0.15, -0.1) is 0 Å². The van der Waals surface area contributed by atoms with Crippen molar-refractivity contribution in [2.75, 3.05) is 19.7 Å². The third-order valence-electron chi connectivity index (χ3n) is 7.40. The number of halogens is 3. The molecular formula is C26H32ClF2N5O4. The van der Waals surface area contributed by atoms with E-state index in [-0.39, 0.29) is 48.6 Å². The Morgan fingerprint density at radius 2 is 2.05 bits per heavy atom. The van der Waals surface area contributed by atoms with Crippen LogP contribution in [-0.4, -0.2) is 75.3 Å². The summed E-state index contributed by atoms with van der Waals surface area (Å²) in [4.78, 5) is 30.6. The number of carbonyl (C=O) groups is 2. The first-order valence-corrected chi connectivity index (χ1v) is 13.5. The largest absolute Gasteiger partial charge is 0.474 e. The summed E-state index contributed by atoms with van der Waals surface area (Å²) in [5.41, 5.74) is 1.12. The number of carbonyl (C=O) groups excluding carboxylic acids is 2. The summed E-state index contributed by atoms with van der Waals surface area (Å²) in [6.07, 6.45) is 3.04. The molecule has 206 valence electrons. The molecule has 0 spiro atoms. The summed E-state index contributed by atoms with van der Waals surface area (Å²) < 4.78 is 42.5. The number of hydrogen-bond donors (Lipinski definition) is 1. The van der Waals surface area contributed by atoms with Gasteiger partial charge in [0, 0.05) is 75.3 Å². The minimum atomic E-state index is -2.87. The number of rotatable bonds is 6. The maximum absolute atomic E-state index is 14.4. The lowest BCUT2D eigenvalue weighted by Gasteiger charge is -2.32. The van der Waals surface area contributed by atoms with Crippen LogP contribution < -0.4 is 10.1 Å². The van der Waals surface area contributed by atoms with Crippen molar-refractivity contribution in [3.63, 3.8) is 0 Å². The van der Waals surface area contributed by atoms with Crippen molar-refractivity contribution in [1.29, 1.82) is 0 Å². The Kier molecular flexibility index (Phi) is 7.85. The lowest BCUT2D eigenvalue weighted by Crippen LogP contribution is -2.46. The Morgan fingerprint density at radius 1 is 1.26 bits per heavy atom. The molecule has 0 unspecified atom stereocenters. The highest BCUT2D eigenvalue weighted by Gasteiger charge is 2.41. The number of nitrogens with one attached hydrogen (secondary N) is 1. The van der Waals surface area contributed by atoms with Crippen molar-refractivity contribution in [1.82, 2.24) is 25.0 Å². The van der Waals surface area contributed by atoms with Crippen LogP contribution in [0.4, 0.5) is 8.78 Å². The van der Waals surface area contributed by atoms with Gasteiger partial charge in [0.15, 0.2) is 5.69 Å². The van der Waals surface area contributed by atoms with Gasteiger partial charge in [-0.05, 0) is 25.3 Å². The average Bonchev–Trinajstić information content (AvgIpc) is 3.21. The number of hydrogen-bond acceptors (Lipinski definition) is 6. The molecule has 3 aliphatic rings. The molecular weight excluding hydrogens is 520 g/mol. The van der Waals surface area contributed by atoms with Gasteiger partial charge in [0.05, 0.1) is 24.3 Å². The minimum Gasteiger partial charge on any atom is -0.474 e. The van der Waals surface area contributed by atoms with Gasteiger partial charge in [-0.1, -0.05) is 11.6 Å². The second-order valence-corrected chi connectivity index (χ2v) is 10.8. The number of alkyl halides is 2. The Hall–Kier alpha value is -2.79. The van der Waals surface area contributed by atoms with E-state index in [0.717, 1.165) is 0 Å². The van der Waals surface area contributed by atoms with Crippen molar-refractivity contribution in [3.8, 4) is 5.88 Å². The van der Waals surface area contributed by atoms with Crippen LogP contribution >= 0.6 is 11.6 Å².